The van der Waals surface area contributed by atoms with E-state index in [1.54, 1.807) is 0 Å². The number of guanidine groups is 1. The lowest BCUT2D eigenvalue weighted by molar-refractivity contribution is 0.803. The highest BCUT2D eigenvalue weighted by molar-refractivity contribution is 5.92. The monoisotopic (exact) mass is 362 g/mol. The topological polar surface area (TPSA) is 81.1 Å². The Morgan fingerprint density at radius 3 is 2.63 bits per heavy atom. The summed E-state index contributed by atoms with van der Waals surface area (Å²) in [6, 6.07) is 14.2. The lowest BCUT2D eigenvalue weighted by atomic mass is 10.0. The molecule has 6 nitrogen and oxygen atoms in total. The Kier molecular flexibility index (Phi) is 5.54. The molecule has 27 heavy (non-hydrogen) atoms. The Bertz CT molecular complexity index is 938. The van der Waals surface area contributed by atoms with Gasteiger partial charge < -0.3 is 11.1 Å². The van der Waals surface area contributed by atoms with Gasteiger partial charge in [0.15, 0.2) is 11.8 Å². The second kappa shape index (κ2) is 8.03. The van der Waals surface area contributed by atoms with Crippen molar-refractivity contribution in [2.45, 2.75) is 40.2 Å². The Morgan fingerprint density at radius 2 is 2.00 bits per heavy atom. The standard InChI is InChI=1S/C21H26N6/c1-14(2)18-6-5-7-19(11-18)25-21(22)24-13-17-8-9-20(23-12-17)27-16(4)10-15(3)26-27/h5-12,14H,13H2,1-4H3,(H3,22,24,25). The van der Waals surface area contributed by atoms with E-state index in [1.165, 1.54) is 5.56 Å². The number of aryl methyl sites for hydroxylation is 2. The minimum Gasteiger partial charge on any atom is -0.370 e. The highest BCUT2D eigenvalue weighted by Crippen LogP contribution is 2.18. The summed E-state index contributed by atoms with van der Waals surface area (Å²) in [4.78, 5) is 8.90. The number of nitrogens with two attached hydrogens (primary N) is 1. The van der Waals surface area contributed by atoms with E-state index >= 15 is 0 Å². The smallest absolute Gasteiger partial charge is 0.193 e. The van der Waals surface area contributed by atoms with Crippen LogP contribution in [0.5, 0.6) is 0 Å². The summed E-state index contributed by atoms with van der Waals surface area (Å²) in [6.07, 6.45) is 1.81. The second-order valence-electron chi connectivity index (χ2n) is 6.97. The normalized spacial score (nSPS) is 11.8. The zero-order valence-corrected chi connectivity index (χ0v) is 16.3. The third-order valence-electron chi connectivity index (χ3n) is 4.29. The Labute approximate surface area is 160 Å². The average Bonchev–Trinajstić information content (AvgIpc) is 2.99. The van der Waals surface area contributed by atoms with Crippen LogP contribution in [0.25, 0.3) is 5.82 Å². The molecule has 1 aromatic carbocycles. The molecule has 6 heteroatoms. The van der Waals surface area contributed by atoms with E-state index in [0.29, 0.717) is 18.4 Å². The van der Waals surface area contributed by atoms with Crippen molar-refractivity contribution >= 4 is 11.6 Å². The van der Waals surface area contributed by atoms with Crippen LogP contribution in [-0.2, 0) is 6.54 Å². The van der Waals surface area contributed by atoms with E-state index in [1.807, 2.05) is 55.1 Å². The number of pyridine rings is 1. The first-order valence-corrected chi connectivity index (χ1v) is 9.08. The first kappa shape index (κ1) is 18.6. The van der Waals surface area contributed by atoms with Gasteiger partial charge in [-0.3, -0.25) is 0 Å². The fraction of sp³-hybridized carbons (Fsp3) is 0.286. The van der Waals surface area contributed by atoms with Crippen molar-refractivity contribution in [2.75, 3.05) is 5.32 Å². The third kappa shape index (κ3) is 4.73. The van der Waals surface area contributed by atoms with Crippen LogP contribution in [0, 0.1) is 13.8 Å². The molecule has 0 fully saturated rings. The molecule has 0 spiro atoms. The molecule has 3 aromatic rings. The van der Waals surface area contributed by atoms with Crippen LogP contribution < -0.4 is 11.1 Å². The lowest BCUT2D eigenvalue weighted by Gasteiger charge is -2.10. The maximum absolute atomic E-state index is 6.03. The zero-order chi connectivity index (χ0) is 19.4. The van der Waals surface area contributed by atoms with Gasteiger partial charge >= 0.3 is 0 Å². The molecule has 0 unspecified atom stereocenters. The van der Waals surface area contributed by atoms with Gasteiger partial charge in [-0.05, 0) is 55.2 Å². The van der Waals surface area contributed by atoms with Gasteiger partial charge in [0.1, 0.15) is 0 Å². The summed E-state index contributed by atoms with van der Waals surface area (Å²) in [5.74, 6) is 1.65. The van der Waals surface area contributed by atoms with Gasteiger partial charge in [-0.1, -0.05) is 32.0 Å². The van der Waals surface area contributed by atoms with E-state index in [2.05, 4.69) is 46.4 Å². The predicted molar refractivity (Wildman–Crippen MR) is 110 cm³/mol. The van der Waals surface area contributed by atoms with E-state index in [4.69, 9.17) is 5.73 Å². The average molecular weight is 362 g/mol. The molecule has 0 amide bonds. The van der Waals surface area contributed by atoms with Crippen molar-refractivity contribution < 1.29 is 0 Å². The van der Waals surface area contributed by atoms with Crippen molar-refractivity contribution in [3.8, 4) is 5.82 Å². The molecule has 0 aliphatic rings. The molecule has 2 aromatic heterocycles. The first-order valence-electron chi connectivity index (χ1n) is 9.08. The van der Waals surface area contributed by atoms with Gasteiger partial charge in [0.05, 0.1) is 12.2 Å². The van der Waals surface area contributed by atoms with Gasteiger partial charge in [0.25, 0.3) is 0 Å². The van der Waals surface area contributed by atoms with Gasteiger partial charge in [-0.2, -0.15) is 5.10 Å². The minimum atomic E-state index is 0.388. The summed E-state index contributed by atoms with van der Waals surface area (Å²) < 4.78 is 1.83. The highest BCUT2D eigenvalue weighted by Gasteiger charge is 2.05. The van der Waals surface area contributed by atoms with Crippen LogP contribution in [0.2, 0.25) is 0 Å². The zero-order valence-electron chi connectivity index (χ0n) is 16.3. The minimum absolute atomic E-state index is 0.388. The van der Waals surface area contributed by atoms with Gasteiger partial charge in [-0.15, -0.1) is 0 Å². The van der Waals surface area contributed by atoms with Crippen LogP contribution in [0.4, 0.5) is 5.69 Å². The molecule has 0 bridgehead atoms. The number of anilines is 1. The molecule has 0 aliphatic carbocycles. The van der Waals surface area contributed by atoms with Gasteiger partial charge in [0.2, 0.25) is 0 Å². The van der Waals surface area contributed by atoms with Crippen LogP contribution in [0.3, 0.4) is 0 Å². The van der Waals surface area contributed by atoms with Crippen LogP contribution in [-0.4, -0.2) is 20.7 Å². The molecule has 3 rings (SSSR count). The van der Waals surface area contributed by atoms with Crippen LogP contribution in [0.15, 0.2) is 53.7 Å². The molecule has 0 atom stereocenters. The Balaban J connectivity index is 1.65. The molecule has 0 aliphatic heterocycles. The second-order valence-corrected chi connectivity index (χ2v) is 6.97. The fourth-order valence-electron chi connectivity index (χ4n) is 2.84. The van der Waals surface area contributed by atoms with E-state index in [9.17, 15) is 0 Å². The quantitative estimate of drug-likeness (QED) is 0.532. The van der Waals surface area contributed by atoms with Crippen LogP contribution in [0.1, 0.15) is 42.3 Å². The molecule has 140 valence electrons. The van der Waals surface area contributed by atoms with Crippen LogP contribution >= 0.6 is 0 Å². The SMILES string of the molecule is Cc1cc(C)n(-c2ccc(CN=C(N)Nc3cccc(C(C)C)c3)cn2)n1. The molecule has 0 radical (unpaired) electrons. The maximum Gasteiger partial charge on any atom is 0.193 e. The molecular formula is C21H26N6. The third-order valence-corrected chi connectivity index (χ3v) is 4.29. The first-order chi connectivity index (χ1) is 12.9. The summed E-state index contributed by atoms with van der Waals surface area (Å²) in [5, 5.41) is 7.60. The number of aromatic nitrogens is 3. The number of nitrogens with zero attached hydrogens (tertiary/aromatic N) is 4. The van der Waals surface area contributed by atoms with E-state index < -0.39 is 0 Å². The van der Waals surface area contributed by atoms with Crippen molar-refractivity contribution in [1.82, 2.24) is 14.8 Å². The summed E-state index contributed by atoms with van der Waals surface area (Å²) in [6.45, 7) is 8.78. The fourth-order valence-corrected chi connectivity index (χ4v) is 2.84. The number of hydrogen-bond donors (Lipinski definition) is 2. The summed E-state index contributed by atoms with van der Waals surface area (Å²) in [7, 11) is 0. The van der Waals surface area contributed by atoms with Crippen molar-refractivity contribution in [1.29, 1.82) is 0 Å². The molecule has 3 N–H and O–H groups in total. The molecule has 0 saturated carbocycles. The van der Waals surface area contributed by atoms with Crippen molar-refractivity contribution in [3.63, 3.8) is 0 Å². The highest BCUT2D eigenvalue weighted by atomic mass is 15.3. The number of hydrogen-bond acceptors (Lipinski definition) is 3. The number of benzene rings is 1. The maximum atomic E-state index is 6.03. The Morgan fingerprint density at radius 1 is 1.19 bits per heavy atom. The summed E-state index contributed by atoms with van der Waals surface area (Å²) in [5.41, 5.74) is 11.3. The van der Waals surface area contributed by atoms with Gasteiger partial charge in [0, 0.05) is 17.6 Å². The summed E-state index contributed by atoms with van der Waals surface area (Å²) >= 11 is 0. The number of rotatable bonds is 5. The number of nitrogens with one attached hydrogen (secondary N) is 1. The van der Waals surface area contributed by atoms with E-state index in [-0.39, 0.29) is 0 Å². The molecular weight excluding hydrogens is 336 g/mol. The molecule has 0 saturated heterocycles. The predicted octanol–water partition coefficient (Wildman–Crippen LogP) is 3.93. The Hall–Kier alpha value is -3.15. The molecule has 2 heterocycles. The largest absolute Gasteiger partial charge is 0.370 e. The van der Waals surface area contributed by atoms with E-state index in [0.717, 1.165) is 28.5 Å². The van der Waals surface area contributed by atoms with Crippen molar-refractivity contribution in [3.05, 3.63) is 71.2 Å². The number of aliphatic imine (C=N–C) groups is 1. The van der Waals surface area contributed by atoms with Crippen molar-refractivity contribution in [2.24, 2.45) is 10.7 Å². The lowest BCUT2D eigenvalue weighted by Crippen LogP contribution is -2.22. The van der Waals surface area contributed by atoms with Gasteiger partial charge in [-0.25, -0.2) is 14.7 Å².